The summed E-state index contributed by atoms with van der Waals surface area (Å²) in [4.78, 5) is 25.2. The number of hydrogen-bond acceptors (Lipinski definition) is 2. The number of halogens is 1. The molecule has 2 aromatic carbocycles. The molecule has 4 heteroatoms. The van der Waals surface area contributed by atoms with E-state index in [1.165, 1.54) is 17.7 Å². The molecule has 148 valence electrons. The topological polar surface area (TPSA) is 46.2 Å². The molecule has 1 N–H and O–H groups in total. The Balaban J connectivity index is 1.42. The number of rotatable bonds is 9. The molecule has 1 saturated carbocycles. The predicted molar refractivity (Wildman–Crippen MR) is 108 cm³/mol. The van der Waals surface area contributed by atoms with Gasteiger partial charge in [0.25, 0.3) is 0 Å². The van der Waals surface area contributed by atoms with Crippen molar-refractivity contribution in [2.24, 2.45) is 11.8 Å². The highest BCUT2D eigenvalue weighted by Crippen LogP contribution is 2.33. The molecule has 0 unspecified atom stereocenters. The van der Waals surface area contributed by atoms with Crippen molar-refractivity contribution in [3.63, 3.8) is 0 Å². The molecule has 0 heterocycles. The molecule has 2 aromatic rings. The van der Waals surface area contributed by atoms with Gasteiger partial charge in [-0.1, -0.05) is 48.9 Å². The van der Waals surface area contributed by atoms with Crippen LogP contribution in [-0.2, 0) is 22.4 Å². The van der Waals surface area contributed by atoms with Crippen LogP contribution in [-0.4, -0.2) is 18.2 Å². The minimum absolute atomic E-state index is 0.0188. The van der Waals surface area contributed by atoms with Crippen molar-refractivity contribution >= 4 is 11.7 Å². The Morgan fingerprint density at radius 2 is 1.57 bits per heavy atom. The molecule has 1 aliphatic rings. The number of amides is 1. The standard InChI is InChI=1S/C24H28FNO2/c25-20-14-12-19(13-15-20)8-4-11-23(27)21-9-5-10-22(21)24(28)26-17-16-18-6-2-1-3-7-18/h1-3,6-7,12-15,21-22H,4-5,8-11,16-17H2,(H,26,28)/t21-,22-/m1/s1. The van der Waals surface area contributed by atoms with Crippen molar-refractivity contribution in [1.82, 2.24) is 5.32 Å². The van der Waals surface area contributed by atoms with Crippen LogP contribution >= 0.6 is 0 Å². The lowest BCUT2D eigenvalue weighted by Crippen LogP contribution is -2.36. The Bertz CT molecular complexity index is 773. The van der Waals surface area contributed by atoms with Crippen LogP contribution < -0.4 is 5.32 Å². The molecule has 3 nitrogen and oxygen atoms in total. The molecule has 1 fully saturated rings. The monoisotopic (exact) mass is 381 g/mol. The number of aryl methyl sites for hydroxylation is 1. The van der Waals surface area contributed by atoms with Crippen molar-refractivity contribution in [3.05, 3.63) is 71.5 Å². The summed E-state index contributed by atoms with van der Waals surface area (Å²) in [5.41, 5.74) is 2.23. The van der Waals surface area contributed by atoms with Crippen molar-refractivity contribution in [1.29, 1.82) is 0 Å². The fourth-order valence-electron chi connectivity index (χ4n) is 4.07. The van der Waals surface area contributed by atoms with E-state index in [1.807, 2.05) is 18.2 Å². The van der Waals surface area contributed by atoms with E-state index < -0.39 is 0 Å². The van der Waals surface area contributed by atoms with E-state index >= 15 is 0 Å². The molecule has 1 aliphatic carbocycles. The molecule has 0 bridgehead atoms. The number of Topliss-reactive ketones (excluding diaryl/α,β-unsaturated/α-hetero) is 1. The summed E-state index contributed by atoms with van der Waals surface area (Å²) in [5.74, 6) is -0.362. The highest BCUT2D eigenvalue weighted by molar-refractivity contribution is 5.89. The zero-order valence-electron chi connectivity index (χ0n) is 16.2. The molecule has 0 aromatic heterocycles. The lowest BCUT2D eigenvalue weighted by atomic mass is 9.88. The summed E-state index contributed by atoms with van der Waals surface area (Å²) in [5, 5.41) is 3.02. The van der Waals surface area contributed by atoms with Crippen LogP contribution in [0.2, 0.25) is 0 Å². The van der Waals surface area contributed by atoms with Gasteiger partial charge in [-0.25, -0.2) is 4.39 Å². The second kappa shape index (κ2) is 10.2. The maximum Gasteiger partial charge on any atom is 0.223 e. The first kappa shape index (κ1) is 20.2. The van der Waals surface area contributed by atoms with Crippen molar-refractivity contribution < 1.29 is 14.0 Å². The zero-order chi connectivity index (χ0) is 19.8. The number of ketones is 1. The van der Waals surface area contributed by atoms with Crippen LogP contribution in [0.4, 0.5) is 4.39 Å². The quantitative estimate of drug-likeness (QED) is 0.695. The van der Waals surface area contributed by atoms with E-state index in [1.54, 1.807) is 12.1 Å². The summed E-state index contributed by atoms with van der Waals surface area (Å²) in [6.45, 7) is 0.602. The molecule has 0 saturated heterocycles. The Labute approximate surface area is 166 Å². The van der Waals surface area contributed by atoms with E-state index in [-0.39, 0.29) is 29.3 Å². The van der Waals surface area contributed by atoms with Gasteiger partial charge in [0, 0.05) is 24.8 Å². The molecule has 28 heavy (non-hydrogen) atoms. The summed E-state index contributed by atoms with van der Waals surface area (Å²) >= 11 is 0. The van der Waals surface area contributed by atoms with Gasteiger partial charge in [0.05, 0.1) is 0 Å². The smallest absolute Gasteiger partial charge is 0.223 e. The maximum atomic E-state index is 13.0. The SMILES string of the molecule is O=C(CCCc1ccc(F)cc1)[C@@H]1CCC[C@H]1C(=O)NCCc1ccccc1. The minimum Gasteiger partial charge on any atom is -0.356 e. The average Bonchev–Trinajstić information content (AvgIpc) is 3.20. The van der Waals surface area contributed by atoms with Gasteiger partial charge in [-0.2, -0.15) is 0 Å². The maximum absolute atomic E-state index is 13.0. The number of carbonyl (C=O) groups excluding carboxylic acids is 2. The van der Waals surface area contributed by atoms with Crippen molar-refractivity contribution in [2.45, 2.75) is 44.9 Å². The fourth-order valence-corrected chi connectivity index (χ4v) is 4.07. The third kappa shape index (κ3) is 5.75. The van der Waals surface area contributed by atoms with E-state index in [9.17, 15) is 14.0 Å². The Kier molecular flexibility index (Phi) is 7.35. The predicted octanol–water partition coefficient (Wildman–Crippen LogP) is 4.49. The average molecular weight is 381 g/mol. The van der Waals surface area contributed by atoms with Crippen LogP contribution in [0.1, 0.15) is 43.2 Å². The van der Waals surface area contributed by atoms with Gasteiger partial charge in [0.2, 0.25) is 5.91 Å². The second-order valence-electron chi connectivity index (χ2n) is 7.62. The van der Waals surface area contributed by atoms with Crippen molar-refractivity contribution in [3.8, 4) is 0 Å². The molecule has 2 atom stereocenters. The fraction of sp³-hybridized carbons (Fsp3) is 0.417. The summed E-state index contributed by atoms with van der Waals surface area (Å²) in [6.07, 6.45) is 5.32. The lowest BCUT2D eigenvalue weighted by molar-refractivity contribution is -0.132. The molecule has 3 rings (SSSR count). The third-order valence-electron chi connectivity index (χ3n) is 5.62. The van der Waals surface area contributed by atoms with Crippen LogP contribution in [0.25, 0.3) is 0 Å². The van der Waals surface area contributed by atoms with Gasteiger partial charge in [0.15, 0.2) is 0 Å². The van der Waals surface area contributed by atoms with Gasteiger partial charge in [-0.15, -0.1) is 0 Å². The number of benzene rings is 2. The highest BCUT2D eigenvalue weighted by Gasteiger charge is 2.36. The van der Waals surface area contributed by atoms with Gasteiger partial charge >= 0.3 is 0 Å². The van der Waals surface area contributed by atoms with E-state index in [0.717, 1.165) is 44.1 Å². The first-order valence-corrected chi connectivity index (χ1v) is 10.2. The normalized spacial score (nSPS) is 18.8. The zero-order valence-corrected chi connectivity index (χ0v) is 16.2. The van der Waals surface area contributed by atoms with Crippen LogP contribution in [0.5, 0.6) is 0 Å². The van der Waals surface area contributed by atoms with Gasteiger partial charge in [0.1, 0.15) is 11.6 Å². The van der Waals surface area contributed by atoms with Crippen LogP contribution in [0.15, 0.2) is 54.6 Å². The minimum atomic E-state index is -0.244. The van der Waals surface area contributed by atoms with E-state index in [4.69, 9.17) is 0 Å². The van der Waals surface area contributed by atoms with E-state index in [2.05, 4.69) is 17.4 Å². The molecular weight excluding hydrogens is 353 g/mol. The molecule has 1 amide bonds. The van der Waals surface area contributed by atoms with Crippen LogP contribution in [0, 0.1) is 17.7 Å². The van der Waals surface area contributed by atoms with Crippen LogP contribution in [0.3, 0.4) is 0 Å². The highest BCUT2D eigenvalue weighted by atomic mass is 19.1. The molecular formula is C24H28FNO2. The van der Waals surface area contributed by atoms with Gasteiger partial charge in [-0.05, 0) is 55.4 Å². The second-order valence-corrected chi connectivity index (χ2v) is 7.62. The number of hydrogen-bond donors (Lipinski definition) is 1. The molecule has 0 spiro atoms. The van der Waals surface area contributed by atoms with Crippen molar-refractivity contribution in [2.75, 3.05) is 6.54 Å². The molecule has 0 aliphatic heterocycles. The van der Waals surface area contributed by atoms with E-state index in [0.29, 0.717) is 13.0 Å². The number of nitrogens with one attached hydrogen (secondary N) is 1. The summed E-state index contributed by atoms with van der Waals surface area (Å²) in [7, 11) is 0. The van der Waals surface area contributed by atoms with Gasteiger partial charge in [-0.3, -0.25) is 9.59 Å². The number of carbonyl (C=O) groups is 2. The Morgan fingerprint density at radius 1 is 0.893 bits per heavy atom. The Morgan fingerprint density at radius 3 is 2.32 bits per heavy atom. The summed E-state index contributed by atoms with van der Waals surface area (Å²) in [6, 6.07) is 16.5. The first-order valence-electron chi connectivity index (χ1n) is 10.2. The molecule has 0 radical (unpaired) electrons. The Hall–Kier alpha value is -2.49. The van der Waals surface area contributed by atoms with Gasteiger partial charge < -0.3 is 5.32 Å². The third-order valence-corrected chi connectivity index (χ3v) is 5.62. The lowest BCUT2D eigenvalue weighted by Gasteiger charge is -2.18. The largest absolute Gasteiger partial charge is 0.356 e. The summed E-state index contributed by atoms with van der Waals surface area (Å²) < 4.78 is 13.0. The first-order chi connectivity index (χ1) is 13.6.